The van der Waals surface area contributed by atoms with Crippen LogP contribution >= 0.6 is 12.4 Å². The molecule has 1 aromatic rings. The van der Waals surface area contributed by atoms with Crippen LogP contribution in [0.15, 0.2) is 24.3 Å². The lowest BCUT2D eigenvalue weighted by molar-refractivity contribution is -0.0468. The van der Waals surface area contributed by atoms with E-state index in [1.165, 1.54) is 5.56 Å². The molecule has 0 bridgehead atoms. The van der Waals surface area contributed by atoms with E-state index >= 15 is 0 Å². The monoisotopic (exact) mass is 502 g/mol. The molecular formula is C25H37ClF2N2O2S. The van der Waals surface area contributed by atoms with Crippen molar-refractivity contribution in [2.24, 2.45) is 17.8 Å². The van der Waals surface area contributed by atoms with Crippen LogP contribution in [0.25, 0.3) is 0 Å². The van der Waals surface area contributed by atoms with E-state index in [-0.39, 0.29) is 35.9 Å². The Kier molecular flexibility index (Phi) is 7.07. The summed E-state index contributed by atoms with van der Waals surface area (Å²) in [5.41, 5.74) is 2.14. The number of hydrogen-bond donors (Lipinski definition) is 1. The number of likely N-dealkylation sites (tertiary alicyclic amines) is 1. The van der Waals surface area contributed by atoms with Gasteiger partial charge in [-0.25, -0.2) is 17.2 Å². The molecule has 1 aromatic carbocycles. The predicted octanol–water partition coefficient (Wildman–Crippen LogP) is 5.83. The summed E-state index contributed by atoms with van der Waals surface area (Å²) in [6.45, 7) is 5.52. The van der Waals surface area contributed by atoms with Crippen molar-refractivity contribution in [3.63, 3.8) is 0 Å². The molecular weight excluding hydrogens is 466 g/mol. The van der Waals surface area contributed by atoms with Crippen LogP contribution in [0.1, 0.15) is 70.3 Å². The van der Waals surface area contributed by atoms with Crippen LogP contribution in [0.4, 0.5) is 14.5 Å². The van der Waals surface area contributed by atoms with E-state index in [2.05, 4.69) is 28.7 Å². The largest absolute Gasteiger partial charge is 0.303 e. The van der Waals surface area contributed by atoms with Gasteiger partial charge < -0.3 is 4.90 Å². The molecule has 1 saturated heterocycles. The SMILES string of the molecule is CCC1(c2cccc(NS(=O)(=O)C3CC3)c2)C2CN(CCCC3CCC(F)(F)CC3)CC21.Cl. The molecule has 0 amide bonds. The van der Waals surface area contributed by atoms with E-state index in [4.69, 9.17) is 0 Å². The summed E-state index contributed by atoms with van der Waals surface area (Å²) in [6.07, 6.45) is 6.28. The zero-order chi connectivity index (χ0) is 22.6. The van der Waals surface area contributed by atoms with E-state index in [1.807, 2.05) is 12.1 Å². The molecule has 0 aromatic heterocycles. The van der Waals surface area contributed by atoms with E-state index < -0.39 is 15.9 Å². The minimum Gasteiger partial charge on any atom is -0.303 e. The first-order valence-corrected chi connectivity index (χ1v) is 14.0. The van der Waals surface area contributed by atoms with Crippen LogP contribution in [0, 0.1) is 17.8 Å². The number of alkyl halides is 2. The second kappa shape index (κ2) is 9.27. The maximum Gasteiger partial charge on any atom is 0.248 e. The highest BCUT2D eigenvalue weighted by Crippen LogP contribution is 2.65. The summed E-state index contributed by atoms with van der Waals surface area (Å²) in [5, 5.41) is -0.217. The molecule has 1 heterocycles. The standard InChI is InChI=1S/C25H36F2N2O2S.ClH/c1-2-25(19-6-3-7-20(15-19)28-32(30,31)21-8-9-21)22-16-29(17-23(22)25)14-4-5-18-10-12-24(26,27)13-11-18;/h3,6-7,15,18,21-23,28H,2,4-5,8-14,16-17H2,1H3;1H. The van der Waals surface area contributed by atoms with Crippen molar-refractivity contribution in [3.8, 4) is 0 Å². The lowest BCUT2D eigenvalue weighted by Gasteiger charge is -2.29. The van der Waals surface area contributed by atoms with Crippen LogP contribution in [-0.4, -0.2) is 44.1 Å². The molecule has 4 fully saturated rings. The quantitative estimate of drug-likeness (QED) is 0.462. The third-order valence-corrected chi connectivity index (χ3v) is 10.6. The molecule has 33 heavy (non-hydrogen) atoms. The smallest absolute Gasteiger partial charge is 0.248 e. The van der Waals surface area contributed by atoms with Gasteiger partial charge >= 0.3 is 0 Å². The zero-order valence-electron chi connectivity index (χ0n) is 19.4. The molecule has 5 rings (SSSR count). The number of nitrogens with zero attached hydrogens (tertiary/aromatic N) is 1. The number of anilines is 1. The van der Waals surface area contributed by atoms with E-state index in [0.29, 0.717) is 36.3 Å². The van der Waals surface area contributed by atoms with E-state index in [1.54, 1.807) is 0 Å². The van der Waals surface area contributed by atoms with Crippen LogP contribution < -0.4 is 4.72 Å². The van der Waals surface area contributed by atoms with Crippen molar-refractivity contribution < 1.29 is 17.2 Å². The molecule has 2 atom stereocenters. The highest BCUT2D eigenvalue weighted by molar-refractivity contribution is 7.93. The van der Waals surface area contributed by atoms with Gasteiger partial charge in [0.15, 0.2) is 0 Å². The second-order valence-electron chi connectivity index (χ2n) is 10.7. The number of benzene rings is 1. The van der Waals surface area contributed by atoms with Gasteiger partial charge in [0.1, 0.15) is 0 Å². The Labute approximate surface area is 203 Å². The fourth-order valence-electron chi connectivity index (χ4n) is 6.65. The number of piperidine rings is 1. The number of rotatable bonds is 9. The molecule has 3 saturated carbocycles. The summed E-state index contributed by atoms with van der Waals surface area (Å²) in [6, 6.07) is 8.07. The molecule has 3 aliphatic carbocycles. The Morgan fingerprint density at radius 1 is 1.09 bits per heavy atom. The number of halogens is 3. The third-order valence-electron chi connectivity index (χ3n) is 8.74. The summed E-state index contributed by atoms with van der Waals surface area (Å²) >= 11 is 0. The summed E-state index contributed by atoms with van der Waals surface area (Å²) in [7, 11) is -3.24. The van der Waals surface area contributed by atoms with Crippen LogP contribution in [0.5, 0.6) is 0 Å². The molecule has 4 aliphatic rings. The average Bonchev–Trinajstić information content (AvgIpc) is 3.66. The Balaban J connectivity index is 0.00000259. The van der Waals surface area contributed by atoms with Gasteiger partial charge in [0.05, 0.1) is 5.25 Å². The normalized spacial score (nSPS) is 31.6. The van der Waals surface area contributed by atoms with Crippen LogP contribution in [0.3, 0.4) is 0 Å². The number of nitrogens with one attached hydrogen (secondary N) is 1. The fourth-order valence-corrected chi connectivity index (χ4v) is 8.02. The Hall–Kier alpha value is -0.920. The van der Waals surface area contributed by atoms with E-state index in [0.717, 1.165) is 51.7 Å². The van der Waals surface area contributed by atoms with Gasteiger partial charge in [-0.3, -0.25) is 4.72 Å². The molecule has 0 spiro atoms. The lowest BCUT2D eigenvalue weighted by atomic mass is 9.84. The van der Waals surface area contributed by atoms with Gasteiger partial charge in [-0.2, -0.15) is 0 Å². The van der Waals surface area contributed by atoms with Crippen molar-refractivity contribution in [3.05, 3.63) is 29.8 Å². The predicted molar refractivity (Wildman–Crippen MR) is 131 cm³/mol. The molecule has 1 aliphatic heterocycles. The molecule has 4 nitrogen and oxygen atoms in total. The molecule has 8 heteroatoms. The third kappa shape index (κ3) is 5.06. The van der Waals surface area contributed by atoms with Gasteiger partial charge in [0.2, 0.25) is 15.9 Å². The molecule has 0 radical (unpaired) electrons. The highest BCUT2D eigenvalue weighted by Gasteiger charge is 2.67. The summed E-state index contributed by atoms with van der Waals surface area (Å²) in [4.78, 5) is 2.56. The van der Waals surface area contributed by atoms with Gasteiger partial charge in [0.25, 0.3) is 0 Å². The lowest BCUT2D eigenvalue weighted by Crippen LogP contribution is -2.31. The fraction of sp³-hybridized carbons (Fsp3) is 0.760. The van der Waals surface area contributed by atoms with Crippen LogP contribution in [0.2, 0.25) is 0 Å². The molecule has 2 unspecified atom stereocenters. The number of fused-ring (bicyclic) bond motifs is 1. The Morgan fingerprint density at radius 3 is 2.36 bits per heavy atom. The second-order valence-corrected chi connectivity index (χ2v) is 12.7. The summed E-state index contributed by atoms with van der Waals surface area (Å²) < 4.78 is 54.2. The average molecular weight is 503 g/mol. The molecule has 1 N–H and O–H groups in total. The van der Waals surface area contributed by atoms with Crippen molar-refractivity contribution >= 4 is 28.1 Å². The molecule has 186 valence electrons. The number of sulfonamides is 1. The number of hydrogen-bond acceptors (Lipinski definition) is 3. The van der Waals surface area contributed by atoms with Crippen molar-refractivity contribution in [1.29, 1.82) is 0 Å². The first kappa shape index (κ1) is 25.2. The van der Waals surface area contributed by atoms with Crippen molar-refractivity contribution in [2.45, 2.75) is 81.3 Å². The van der Waals surface area contributed by atoms with Gasteiger partial charge in [-0.15, -0.1) is 12.4 Å². The van der Waals surface area contributed by atoms with Crippen LogP contribution in [-0.2, 0) is 15.4 Å². The van der Waals surface area contributed by atoms with E-state index in [9.17, 15) is 17.2 Å². The first-order valence-electron chi connectivity index (χ1n) is 12.5. The topological polar surface area (TPSA) is 49.4 Å². The highest BCUT2D eigenvalue weighted by atomic mass is 35.5. The Bertz CT molecular complexity index is 931. The van der Waals surface area contributed by atoms with Gasteiger partial charge in [-0.1, -0.05) is 19.1 Å². The summed E-state index contributed by atoms with van der Waals surface area (Å²) in [5.74, 6) is -0.679. The van der Waals surface area contributed by atoms with Crippen molar-refractivity contribution in [2.75, 3.05) is 24.4 Å². The van der Waals surface area contributed by atoms with Gasteiger partial charge in [-0.05, 0) is 86.9 Å². The van der Waals surface area contributed by atoms with Gasteiger partial charge in [0, 0.05) is 37.0 Å². The van der Waals surface area contributed by atoms with Crippen molar-refractivity contribution in [1.82, 2.24) is 4.90 Å². The zero-order valence-corrected chi connectivity index (χ0v) is 21.1. The Morgan fingerprint density at radius 2 is 1.76 bits per heavy atom. The maximum absolute atomic E-state index is 13.3. The minimum atomic E-state index is -3.24. The first-order chi connectivity index (χ1) is 15.2. The maximum atomic E-state index is 13.3. The minimum absolute atomic E-state index is 0.